The van der Waals surface area contributed by atoms with Crippen molar-refractivity contribution in [3.8, 4) is 5.75 Å². The van der Waals surface area contributed by atoms with Gasteiger partial charge in [0.1, 0.15) is 12.4 Å². The van der Waals surface area contributed by atoms with Crippen molar-refractivity contribution in [3.63, 3.8) is 0 Å². The first-order chi connectivity index (χ1) is 11.0. The summed E-state index contributed by atoms with van der Waals surface area (Å²) >= 11 is 7.37. The Labute approximate surface area is 144 Å². The molecular weight excluding hydrogens is 338 g/mol. The van der Waals surface area contributed by atoms with Crippen LogP contribution >= 0.6 is 23.4 Å². The molecule has 0 N–H and O–H groups in total. The minimum absolute atomic E-state index is 0.199. The van der Waals surface area contributed by atoms with Gasteiger partial charge >= 0.3 is 5.97 Å². The molecule has 23 heavy (non-hydrogen) atoms. The highest BCUT2D eigenvalue weighted by atomic mass is 35.5. The molecule has 1 aromatic carbocycles. The van der Waals surface area contributed by atoms with Crippen molar-refractivity contribution >= 4 is 29.3 Å². The van der Waals surface area contributed by atoms with Crippen LogP contribution in [0.4, 0.5) is 0 Å². The molecule has 0 bridgehead atoms. The SMILES string of the molecule is CCOC(=O)CSc1nnc(COc2cc(C)ccc2Cl)n1C. The Balaban J connectivity index is 1.96. The van der Waals surface area contributed by atoms with E-state index in [2.05, 4.69) is 10.2 Å². The fourth-order valence-electron chi connectivity index (χ4n) is 1.79. The molecule has 1 heterocycles. The Morgan fingerprint density at radius 1 is 1.39 bits per heavy atom. The van der Waals surface area contributed by atoms with Crippen LogP contribution in [0.5, 0.6) is 5.75 Å². The number of hydrogen-bond acceptors (Lipinski definition) is 6. The predicted octanol–water partition coefficient (Wildman–Crippen LogP) is 3.01. The molecule has 0 spiro atoms. The molecule has 0 saturated carbocycles. The van der Waals surface area contributed by atoms with Crippen LogP contribution < -0.4 is 4.74 Å². The average molecular weight is 356 g/mol. The second-order valence-electron chi connectivity index (χ2n) is 4.77. The number of thioether (sulfide) groups is 1. The minimum Gasteiger partial charge on any atom is -0.484 e. The molecule has 0 atom stereocenters. The lowest BCUT2D eigenvalue weighted by atomic mass is 10.2. The highest BCUT2D eigenvalue weighted by molar-refractivity contribution is 7.99. The molecule has 0 saturated heterocycles. The van der Waals surface area contributed by atoms with Crippen molar-refractivity contribution in [3.05, 3.63) is 34.6 Å². The lowest BCUT2D eigenvalue weighted by Crippen LogP contribution is -2.08. The Hall–Kier alpha value is -1.73. The van der Waals surface area contributed by atoms with Crippen molar-refractivity contribution in [1.29, 1.82) is 0 Å². The third-order valence-electron chi connectivity index (χ3n) is 2.99. The van der Waals surface area contributed by atoms with Crippen LogP contribution in [0.3, 0.4) is 0 Å². The first-order valence-electron chi connectivity index (χ1n) is 7.07. The molecule has 0 aliphatic heterocycles. The van der Waals surface area contributed by atoms with Gasteiger partial charge in [0.05, 0.1) is 17.4 Å². The van der Waals surface area contributed by atoms with Gasteiger partial charge in [-0.15, -0.1) is 10.2 Å². The average Bonchev–Trinajstić information content (AvgIpc) is 2.87. The summed E-state index contributed by atoms with van der Waals surface area (Å²) in [6.07, 6.45) is 0. The second kappa shape index (κ2) is 8.21. The van der Waals surface area contributed by atoms with Crippen molar-refractivity contribution in [2.75, 3.05) is 12.4 Å². The summed E-state index contributed by atoms with van der Waals surface area (Å²) in [5, 5.41) is 9.32. The largest absolute Gasteiger partial charge is 0.484 e. The van der Waals surface area contributed by atoms with E-state index in [-0.39, 0.29) is 18.3 Å². The van der Waals surface area contributed by atoms with Gasteiger partial charge in [0.2, 0.25) is 0 Å². The van der Waals surface area contributed by atoms with E-state index in [1.807, 2.05) is 26.1 Å². The van der Waals surface area contributed by atoms with Crippen molar-refractivity contribution in [2.24, 2.45) is 7.05 Å². The van der Waals surface area contributed by atoms with E-state index < -0.39 is 0 Å². The summed E-state index contributed by atoms with van der Waals surface area (Å²) in [5.41, 5.74) is 1.06. The molecule has 0 aliphatic carbocycles. The van der Waals surface area contributed by atoms with E-state index in [9.17, 15) is 4.79 Å². The molecule has 2 rings (SSSR count). The summed E-state index contributed by atoms with van der Waals surface area (Å²) in [6.45, 7) is 4.35. The highest BCUT2D eigenvalue weighted by Crippen LogP contribution is 2.26. The van der Waals surface area contributed by atoms with Gasteiger partial charge in [0, 0.05) is 7.05 Å². The smallest absolute Gasteiger partial charge is 0.316 e. The molecule has 124 valence electrons. The number of aromatic nitrogens is 3. The summed E-state index contributed by atoms with van der Waals surface area (Å²) in [4.78, 5) is 11.4. The molecular formula is C15H18ClN3O3S. The number of benzene rings is 1. The van der Waals surface area contributed by atoms with Crippen LogP contribution in [0.25, 0.3) is 0 Å². The van der Waals surface area contributed by atoms with Crippen LogP contribution in [0, 0.1) is 6.92 Å². The van der Waals surface area contributed by atoms with Gasteiger partial charge in [0.25, 0.3) is 0 Å². The lowest BCUT2D eigenvalue weighted by molar-refractivity contribution is -0.139. The first-order valence-corrected chi connectivity index (χ1v) is 8.43. The Kier molecular flexibility index (Phi) is 6.29. The van der Waals surface area contributed by atoms with Crippen LogP contribution in [0.15, 0.2) is 23.4 Å². The first kappa shape index (κ1) is 17.6. The van der Waals surface area contributed by atoms with Crippen LogP contribution in [0.1, 0.15) is 18.3 Å². The van der Waals surface area contributed by atoms with E-state index in [1.165, 1.54) is 11.8 Å². The van der Waals surface area contributed by atoms with Crippen molar-refractivity contribution in [1.82, 2.24) is 14.8 Å². The summed E-state index contributed by atoms with van der Waals surface area (Å²) in [6, 6.07) is 5.58. The Morgan fingerprint density at radius 2 is 2.17 bits per heavy atom. The quantitative estimate of drug-likeness (QED) is 0.562. The fourth-order valence-corrected chi connectivity index (χ4v) is 2.69. The van der Waals surface area contributed by atoms with Crippen molar-refractivity contribution in [2.45, 2.75) is 25.6 Å². The molecule has 0 amide bonds. The zero-order chi connectivity index (χ0) is 16.8. The number of hydrogen-bond donors (Lipinski definition) is 0. The molecule has 0 radical (unpaired) electrons. The van der Waals surface area contributed by atoms with Gasteiger partial charge in [-0.25, -0.2) is 0 Å². The number of aryl methyl sites for hydroxylation is 1. The van der Waals surface area contributed by atoms with Gasteiger partial charge in [0.15, 0.2) is 11.0 Å². The zero-order valence-electron chi connectivity index (χ0n) is 13.2. The van der Waals surface area contributed by atoms with E-state index >= 15 is 0 Å². The predicted molar refractivity (Wildman–Crippen MR) is 88.9 cm³/mol. The third kappa shape index (κ3) is 4.87. The molecule has 2 aromatic rings. The molecule has 0 unspecified atom stereocenters. The fraction of sp³-hybridized carbons (Fsp3) is 0.400. The zero-order valence-corrected chi connectivity index (χ0v) is 14.8. The number of nitrogens with zero attached hydrogens (tertiary/aromatic N) is 3. The molecule has 8 heteroatoms. The van der Waals surface area contributed by atoms with Gasteiger partial charge in [-0.3, -0.25) is 4.79 Å². The number of ether oxygens (including phenoxy) is 2. The summed E-state index contributed by atoms with van der Waals surface area (Å²) in [7, 11) is 1.82. The molecule has 0 aliphatic rings. The Morgan fingerprint density at radius 3 is 2.91 bits per heavy atom. The maximum absolute atomic E-state index is 11.4. The van der Waals surface area contributed by atoms with Crippen LogP contribution in [0.2, 0.25) is 5.02 Å². The number of carbonyl (C=O) groups excluding carboxylic acids is 1. The molecule has 1 aromatic heterocycles. The van der Waals surface area contributed by atoms with Crippen LogP contribution in [-0.4, -0.2) is 33.1 Å². The maximum atomic E-state index is 11.4. The van der Waals surface area contributed by atoms with Gasteiger partial charge < -0.3 is 14.0 Å². The van der Waals surface area contributed by atoms with Gasteiger partial charge in [-0.1, -0.05) is 29.4 Å². The number of rotatable bonds is 7. The van der Waals surface area contributed by atoms with E-state index in [1.54, 1.807) is 17.6 Å². The standard InChI is InChI=1S/C15H18ClN3O3S/c1-4-21-14(20)9-23-15-18-17-13(19(15)3)8-22-12-7-10(2)5-6-11(12)16/h5-7H,4,8-9H2,1-3H3. The maximum Gasteiger partial charge on any atom is 0.316 e. The highest BCUT2D eigenvalue weighted by Gasteiger charge is 2.13. The van der Waals surface area contributed by atoms with E-state index in [0.29, 0.717) is 28.4 Å². The number of halogens is 1. The topological polar surface area (TPSA) is 66.2 Å². The third-order valence-corrected chi connectivity index (χ3v) is 4.30. The van der Waals surface area contributed by atoms with Crippen LogP contribution in [-0.2, 0) is 23.2 Å². The number of esters is 1. The van der Waals surface area contributed by atoms with E-state index in [4.69, 9.17) is 21.1 Å². The normalized spacial score (nSPS) is 10.6. The number of carbonyl (C=O) groups is 1. The monoisotopic (exact) mass is 355 g/mol. The Bertz CT molecular complexity index is 691. The molecule has 6 nitrogen and oxygen atoms in total. The lowest BCUT2D eigenvalue weighted by Gasteiger charge is -2.08. The van der Waals surface area contributed by atoms with Gasteiger partial charge in [-0.05, 0) is 31.5 Å². The molecule has 0 fully saturated rings. The minimum atomic E-state index is -0.273. The summed E-state index contributed by atoms with van der Waals surface area (Å²) < 4.78 is 12.4. The second-order valence-corrected chi connectivity index (χ2v) is 6.12. The van der Waals surface area contributed by atoms with Crippen molar-refractivity contribution < 1.29 is 14.3 Å². The van der Waals surface area contributed by atoms with E-state index in [0.717, 1.165) is 5.56 Å². The van der Waals surface area contributed by atoms with Gasteiger partial charge in [-0.2, -0.15) is 0 Å². The summed E-state index contributed by atoms with van der Waals surface area (Å²) in [5.74, 6) is 1.18.